The highest BCUT2D eigenvalue weighted by atomic mass is 16.5. The third kappa shape index (κ3) is 6.21. The minimum Gasteiger partial charge on any atom is -0.393 e. The number of methoxy groups -OCH3 is 1. The Bertz CT molecular complexity index is 291. The molecular formula is C15H27NO3. The summed E-state index contributed by atoms with van der Waals surface area (Å²) in [4.78, 5) is 11.2. The molecule has 4 heteroatoms. The van der Waals surface area contributed by atoms with Crippen LogP contribution in [0.2, 0.25) is 0 Å². The van der Waals surface area contributed by atoms with Crippen LogP contribution in [0.4, 0.5) is 0 Å². The van der Waals surface area contributed by atoms with Crippen LogP contribution in [0.5, 0.6) is 0 Å². The first-order chi connectivity index (χ1) is 9.17. The molecule has 0 radical (unpaired) electrons. The van der Waals surface area contributed by atoms with Gasteiger partial charge in [0.05, 0.1) is 12.2 Å². The summed E-state index contributed by atoms with van der Waals surface area (Å²) in [6.45, 7) is 2.63. The Labute approximate surface area is 116 Å². The average Bonchev–Trinajstić information content (AvgIpc) is 2.75. The molecule has 0 heterocycles. The number of hydrogen-bond donors (Lipinski definition) is 2. The van der Waals surface area contributed by atoms with Gasteiger partial charge in [-0.2, -0.15) is 0 Å². The van der Waals surface area contributed by atoms with Crippen LogP contribution in [0, 0.1) is 5.92 Å². The zero-order valence-electron chi connectivity index (χ0n) is 12.1. The van der Waals surface area contributed by atoms with E-state index in [1.165, 1.54) is 0 Å². The second-order valence-corrected chi connectivity index (χ2v) is 5.21. The van der Waals surface area contributed by atoms with E-state index in [0.717, 1.165) is 32.1 Å². The van der Waals surface area contributed by atoms with Crippen molar-refractivity contribution in [3.05, 3.63) is 12.2 Å². The molecule has 1 rings (SSSR count). The molecule has 1 saturated carbocycles. The lowest BCUT2D eigenvalue weighted by Crippen LogP contribution is -2.21. The smallest absolute Gasteiger partial charge is 0.219 e. The summed E-state index contributed by atoms with van der Waals surface area (Å²) in [6.07, 6.45) is 9.24. The first kappa shape index (κ1) is 16.2. The van der Waals surface area contributed by atoms with Crippen molar-refractivity contribution in [3.63, 3.8) is 0 Å². The molecule has 1 amide bonds. The summed E-state index contributed by atoms with van der Waals surface area (Å²) < 4.78 is 5.28. The van der Waals surface area contributed by atoms with E-state index in [9.17, 15) is 9.90 Å². The molecule has 0 aliphatic heterocycles. The average molecular weight is 269 g/mol. The lowest BCUT2D eigenvalue weighted by Gasteiger charge is -2.10. The molecule has 0 bridgehead atoms. The zero-order chi connectivity index (χ0) is 14.1. The molecule has 19 heavy (non-hydrogen) atoms. The van der Waals surface area contributed by atoms with Crippen LogP contribution in [-0.4, -0.2) is 36.9 Å². The number of carbonyl (C=O) groups is 1. The maximum Gasteiger partial charge on any atom is 0.219 e. The van der Waals surface area contributed by atoms with Gasteiger partial charge < -0.3 is 15.2 Å². The van der Waals surface area contributed by atoms with E-state index in [1.54, 1.807) is 7.11 Å². The Kier molecular flexibility index (Phi) is 7.75. The van der Waals surface area contributed by atoms with E-state index in [2.05, 4.69) is 17.5 Å². The molecule has 1 fully saturated rings. The Hall–Kier alpha value is -0.870. The predicted octanol–water partition coefficient (Wildman–Crippen LogP) is 2.02. The monoisotopic (exact) mass is 269 g/mol. The Morgan fingerprint density at radius 3 is 2.84 bits per heavy atom. The second kappa shape index (κ2) is 9.10. The molecule has 1 aliphatic carbocycles. The van der Waals surface area contributed by atoms with Crippen molar-refractivity contribution in [3.8, 4) is 0 Å². The Morgan fingerprint density at radius 1 is 1.42 bits per heavy atom. The third-order valence-corrected chi connectivity index (χ3v) is 3.70. The topological polar surface area (TPSA) is 58.6 Å². The molecule has 0 aromatic carbocycles. The van der Waals surface area contributed by atoms with Crippen LogP contribution in [-0.2, 0) is 9.53 Å². The fourth-order valence-electron chi connectivity index (χ4n) is 2.55. The Morgan fingerprint density at radius 2 is 2.21 bits per heavy atom. The standard InChI is InChI=1S/C15H27NO3/c1-3-16-15(18)9-7-5-4-6-8-12-10-13(19-2)11-14(12)17/h4,6,12-14,17H,3,5,7-11H2,1-2H3,(H,16,18)/b6-4-/t12-,13+,14+/m1/s1. The maximum absolute atomic E-state index is 11.2. The first-order valence-electron chi connectivity index (χ1n) is 7.29. The number of rotatable bonds is 8. The van der Waals surface area contributed by atoms with Crippen molar-refractivity contribution >= 4 is 5.91 Å². The summed E-state index contributed by atoms with van der Waals surface area (Å²) in [5, 5.41) is 12.6. The third-order valence-electron chi connectivity index (χ3n) is 3.70. The molecule has 3 atom stereocenters. The molecule has 110 valence electrons. The highest BCUT2D eigenvalue weighted by molar-refractivity contribution is 5.75. The lowest BCUT2D eigenvalue weighted by atomic mass is 10.0. The molecule has 4 nitrogen and oxygen atoms in total. The number of nitrogens with one attached hydrogen (secondary N) is 1. The fraction of sp³-hybridized carbons (Fsp3) is 0.800. The number of allylic oxidation sites excluding steroid dienone is 2. The minimum atomic E-state index is -0.232. The lowest BCUT2D eigenvalue weighted by molar-refractivity contribution is -0.121. The molecule has 0 spiro atoms. The SMILES string of the molecule is CCNC(=O)CCC/C=C\C[C@@H]1C[C@H](OC)C[C@@H]1O. The van der Waals surface area contributed by atoms with Gasteiger partial charge in [0.15, 0.2) is 0 Å². The van der Waals surface area contributed by atoms with Crippen LogP contribution in [0.3, 0.4) is 0 Å². The van der Waals surface area contributed by atoms with E-state index in [4.69, 9.17) is 4.74 Å². The molecule has 0 aromatic heterocycles. The number of carbonyl (C=O) groups excluding carboxylic acids is 1. The van der Waals surface area contributed by atoms with Crippen LogP contribution >= 0.6 is 0 Å². The van der Waals surface area contributed by atoms with Crippen LogP contribution in [0.15, 0.2) is 12.2 Å². The van der Waals surface area contributed by atoms with Gasteiger partial charge in [0, 0.05) is 20.1 Å². The quantitative estimate of drug-likeness (QED) is 0.523. The molecule has 0 aromatic rings. The van der Waals surface area contributed by atoms with Gasteiger partial charge in [-0.25, -0.2) is 0 Å². The van der Waals surface area contributed by atoms with Gasteiger partial charge in [0.1, 0.15) is 0 Å². The van der Waals surface area contributed by atoms with Crippen molar-refractivity contribution in [1.82, 2.24) is 5.32 Å². The van der Waals surface area contributed by atoms with Crippen molar-refractivity contribution < 1.29 is 14.6 Å². The molecule has 1 aliphatic rings. The summed E-state index contributed by atoms with van der Waals surface area (Å²) in [7, 11) is 1.71. The molecule has 0 saturated heterocycles. The summed E-state index contributed by atoms with van der Waals surface area (Å²) in [5.41, 5.74) is 0. The van der Waals surface area contributed by atoms with Gasteiger partial charge in [0.25, 0.3) is 0 Å². The minimum absolute atomic E-state index is 0.130. The number of ether oxygens (including phenoxy) is 1. The van der Waals surface area contributed by atoms with Gasteiger partial charge in [-0.05, 0) is 44.9 Å². The van der Waals surface area contributed by atoms with E-state index in [0.29, 0.717) is 18.9 Å². The maximum atomic E-state index is 11.2. The number of hydrogen-bond acceptors (Lipinski definition) is 3. The molecular weight excluding hydrogens is 242 g/mol. The van der Waals surface area contributed by atoms with E-state index >= 15 is 0 Å². The van der Waals surface area contributed by atoms with Gasteiger partial charge in [0.2, 0.25) is 5.91 Å². The molecule has 0 unspecified atom stereocenters. The van der Waals surface area contributed by atoms with Crippen molar-refractivity contribution in [2.75, 3.05) is 13.7 Å². The largest absolute Gasteiger partial charge is 0.393 e. The summed E-state index contributed by atoms with van der Waals surface area (Å²) >= 11 is 0. The van der Waals surface area contributed by atoms with Crippen LogP contribution < -0.4 is 5.32 Å². The predicted molar refractivity (Wildman–Crippen MR) is 75.8 cm³/mol. The number of unbranched alkanes of at least 4 members (excludes halogenated alkanes) is 1. The van der Waals surface area contributed by atoms with E-state index in [-0.39, 0.29) is 18.1 Å². The van der Waals surface area contributed by atoms with E-state index in [1.807, 2.05) is 6.92 Å². The fourth-order valence-corrected chi connectivity index (χ4v) is 2.55. The Balaban J connectivity index is 2.09. The van der Waals surface area contributed by atoms with E-state index < -0.39 is 0 Å². The second-order valence-electron chi connectivity index (χ2n) is 5.21. The van der Waals surface area contributed by atoms with Gasteiger partial charge in [-0.3, -0.25) is 4.79 Å². The van der Waals surface area contributed by atoms with Crippen LogP contribution in [0.25, 0.3) is 0 Å². The van der Waals surface area contributed by atoms with Crippen molar-refractivity contribution in [2.45, 2.75) is 57.7 Å². The highest BCUT2D eigenvalue weighted by Crippen LogP contribution is 2.30. The van der Waals surface area contributed by atoms with Gasteiger partial charge in [-0.1, -0.05) is 12.2 Å². The van der Waals surface area contributed by atoms with Crippen molar-refractivity contribution in [1.29, 1.82) is 0 Å². The first-order valence-corrected chi connectivity index (χ1v) is 7.29. The summed E-state index contributed by atoms with van der Waals surface area (Å²) in [6, 6.07) is 0. The van der Waals surface area contributed by atoms with Crippen LogP contribution in [0.1, 0.15) is 45.4 Å². The van der Waals surface area contributed by atoms with Crippen molar-refractivity contribution in [2.24, 2.45) is 5.92 Å². The summed E-state index contributed by atoms with van der Waals surface area (Å²) in [5.74, 6) is 0.453. The van der Waals surface area contributed by atoms with Gasteiger partial charge >= 0.3 is 0 Å². The molecule has 2 N–H and O–H groups in total. The number of aliphatic hydroxyl groups excluding tert-OH is 1. The number of aliphatic hydroxyl groups is 1. The number of amides is 1. The highest BCUT2D eigenvalue weighted by Gasteiger charge is 2.31. The normalized spacial score (nSPS) is 27.0. The zero-order valence-corrected chi connectivity index (χ0v) is 12.1. The van der Waals surface area contributed by atoms with Gasteiger partial charge in [-0.15, -0.1) is 0 Å².